The number of carboxylic acid groups (broad SMARTS) is 1. The van der Waals surface area contributed by atoms with Crippen molar-refractivity contribution in [3.05, 3.63) is 0 Å². The topological polar surface area (TPSA) is 112 Å². The van der Waals surface area contributed by atoms with Gasteiger partial charge in [-0.25, -0.2) is 8.42 Å². The molecular weight excluding hydrogens is 188 g/mol. The van der Waals surface area contributed by atoms with E-state index in [1.807, 2.05) is 0 Å². The first kappa shape index (κ1) is 11.3. The van der Waals surface area contributed by atoms with Crippen molar-refractivity contribution >= 4 is 15.8 Å². The third kappa shape index (κ3) is 5.05. The predicted molar refractivity (Wildman–Crippen MR) is 39.4 cm³/mol. The Balaban J connectivity index is 4.15. The molecule has 0 aliphatic heterocycles. The van der Waals surface area contributed by atoms with Crippen molar-refractivity contribution in [1.82, 2.24) is 0 Å². The van der Waals surface area contributed by atoms with Gasteiger partial charge < -0.3 is 15.3 Å². The first-order valence-electron chi connectivity index (χ1n) is 3.08. The highest BCUT2D eigenvalue weighted by Crippen LogP contribution is 1.94. The van der Waals surface area contributed by atoms with Crippen LogP contribution in [0.4, 0.5) is 0 Å². The van der Waals surface area contributed by atoms with Crippen LogP contribution in [0.1, 0.15) is 0 Å². The highest BCUT2D eigenvalue weighted by molar-refractivity contribution is 7.92. The Labute approximate surface area is 69.4 Å². The third-order valence-corrected chi connectivity index (χ3v) is 2.58. The largest absolute Gasteiger partial charge is 0.480 e. The molecule has 0 aromatic heterocycles. The predicted octanol–water partition coefficient (Wildman–Crippen LogP) is -2.16. The number of aliphatic hydroxyl groups is 2. The number of sulfone groups is 1. The molecule has 0 aliphatic carbocycles. The van der Waals surface area contributed by atoms with Gasteiger partial charge in [-0.3, -0.25) is 4.79 Å². The average molecular weight is 198 g/mol. The van der Waals surface area contributed by atoms with Crippen LogP contribution in [-0.4, -0.2) is 53.9 Å². The maximum atomic E-state index is 10.8. The summed E-state index contributed by atoms with van der Waals surface area (Å²) in [6.07, 6.45) is -1.41. The minimum atomic E-state index is -3.80. The molecule has 0 heterocycles. The lowest BCUT2D eigenvalue weighted by atomic mass is 10.4. The van der Waals surface area contributed by atoms with Crippen molar-refractivity contribution in [3.8, 4) is 0 Å². The van der Waals surface area contributed by atoms with E-state index in [2.05, 4.69) is 0 Å². The van der Waals surface area contributed by atoms with Crippen LogP contribution in [0.3, 0.4) is 0 Å². The van der Waals surface area contributed by atoms with Gasteiger partial charge in [-0.1, -0.05) is 0 Å². The van der Waals surface area contributed by atoms with Crippen LogP contribution in [0.2, 0.25) is 0 Å². The summed E-state index contributed by atoms with van der Waals surface area (Å²) in [6.45, 7) is -0.696. The maximum Gasteiger partial charge on any atom is 0.318 e. The highest BCUT2D eigenvalue weighted by atomic mass is 32.2. The molecule has 0 rings (SSSR count). The van der Waals surface area contributed by atoms with Gasteiger partial charge in [-0.2, -0.15) is 0 Å². The van der Waals surface area contributed by atoms with Gasteiger partial charge in [0.25, 0.3) is 0 Å². The molecule has 3 N–H and O–H groups in total. The van der Waals surface area contributed by atoms with E-state index in [4.69, 9.17) is 15.3 Å². The van der Waals surface area contributed by atoms with Crippen LogP contribution in [-0.2, 0) is 14.6 Å². The minimum absolute atomic E-state index is 0.696. The molecule has 0 fully saturated rings. The van der Waals surface area contributed by atoms with Crippen LogP contribution in [0.5, 0.6) is 0 Å². The molecule has 0 saturated carbocycles. The highest BCUT2D eigenvalue weighted by Gasteiger charge is 2.19. The number of aliphatic carboxylic acids is 1. The van der Waals surface area contributed by atoms with Crippen LogP contribution in [0.15, 0.2) is 0 Å². The molecule has 1 atom stereocenters. The normalized spacial score (nSPS) is 14.2. The Bertz CT molecular complexity index is 243. The molecule has 0 radical (unpaired) electrons. The van der Waals surface area contributed by atoms with Gasteiger partial charge in [0, 0.05) is 0 Å². The Morgan fingerprint density at radius 2 is 1.92 bits per heavy atom. The van der Waals surface area contributed by atoms with Crippen LogP contribution in [0, 0.1) is 0 Å². The van der Waals surface area contributed by atoms with E-state index < -0.39 is 40.0 Å². The van der Waals surface area contributed by atoms with Crippen molar-refractivity contribution in [3.63, 3.8) is 0 Å². The van der Waals surface area contributed by atoms with E-state index in [1.54, 1.807) is 0 Å². The Kier molecular flexibility index (Phi) is 4.15. The fourth-order valence-electron chi connectivity index (χ4n) is 0.593. The number of hydrogen-bond acceptors (Lipinski definition) is 5. The quantitative estimate of drug-likeness (QED) is 0.464. The minimum Gasteiger partial charge on any atom is -0.480 e. The van der Waals surface area contributed by atoms with E-state index in [-0.39, 0.29) is 0 Å². The second-order valence-electron chi connectivity index (χ2n) is 2.28. The molecule has 0 amide bonds. The van der Waals surface area contributed by atoms with Crippen molar-refractivity contribution in [2.24, 2.45) is 0 Å². The molecule has 7 heteroatoms. The number of aliphatic hydroxyl groups excluding tert-OH is 2. The second kappa shape index (κ2) is 4.39. The van der Waals surface area contributed by atoms with Crippen molar-refractivity contribution in [1.29, 1.82) is 0 Å². The lowest BCUT2D eigenvalue weighted by Crippen LogP contribution is -2.28. The maximum absolute atomic E-state index is 10.8. The number of carbonyl (C=O) groups is 1. The molecule has 1 unspecified atom stereocenters. The van der Waals surface area contributed by atoms with Crippen LogP contribution < -0.4 is 0 Å². The van der Waals surface area contributed by atoms with Gasteiger partial charge in [0.05, 0.1) is 18.5 Å². The van der Waals surface area contributed by atoms with Crippen LogP contribution in [0.25, 0.3) is 0 Å². The summed E-state index contributed by atoms with van der Waals surface area (Å²) >= 11 is 0. The van der Waals surface area contributed by atoms with E-state index >= 15 is 0 Å². The molecule has 0 aliphatic rings. The summed E-state index contributed by atoms with van der Waals surface area (Å²) < 4.78 is 21.5. The second-order valence-corrected chi connectivity index (χ2v) is 4.39. The summed E-state index contributed by atoms with van der Waals surface area (Å²) in [5.74, 6) is -3.22. The van der Waals surface area contributed by atoms with E-state index in [0.717, 1.165) is 0 Å². The monoisotopic (exact) mass is 198 g/mol. The SMILES string of the molecule is O=C(O)CS(=O)(=O)CC(O)CO. The van der Waals surface area contributed by atoms with E-state index in [9.17, 15) is 13.2 Å². The zero-order valence-electron chi connectivity index (χ0n) is 6.17. The third-order valence-electron chi connectivity index (χ3n) is 1.00. The summed E-state index contributed by atoms with van der Waals surface area (Å²) in [5, 5.41) is 25.1. The lowest BCUT2D eigenvalue weighted by Gasteiger charge is -2.05. The molecule has 0 bridgehead atoms. The molecule has 0 spiro atoms. The van der Waals surface area contributed by atoms with Crippen molar-refractivity contribution < 1.29 is 28.5 Å². The van der Waals surface area contributed by atoms with Gasteiger partial charge in [0.15, 0.2) is 9.84 Å². The summed E-state index contributed by atoms with van der Waals surface area (Å²) in [5.41, 5.74) is 0. The smallest absolute Gasteiger partial charge is 0.318 e. The molecule has 0 saturated heterocycles. The first-order valence-corrected chi connectivity index (χ1v) is 4.90. The van der Waals surface area contributed by atoms with Crippen molar-refractivity contribution in [2.75, 3.05) is 18.1 Å². The molecule has 6 nitrogen and oxygen atoms in total. The standard InChI is InChI=1S/C5H10O6S/c6-1-4(7)2-12(10,11)3-5(8)9/h4,6-7H,1-3H2,(H,8,9). The van der Waals surface area contributed by atoms with Gasteiger partial charge in [-0.15, -0.1) is 0 Å². The Hall–Kier alpha value is -0.660. The van der Waals surface area contributed by atoms with Gasteiger partial charge >= 0.3 is 5.97 Å². The van der Waals surface area contributed by atoms with Crippen LogP contribution >= 0.6 is 0 Å². The molecule has 0 aromatic rings. The summed E-state index contributed by atoms with van der Waals surface area (Å²) in [6, 6.07) is 0. The summed E-state index contributed by atoms with van der Waals surface area (Å²) in [7, 11) is -3.80. The zero-order chi connectivity index (χ0) is 9.78. The molecular formula is C5H10O6S. The van der Waals surface area contributed by atoms with Gasteiger partial charge in [-0.05, 0) is 0 Å². The Morgan fingerprint density at radius 3 is 2.25 bits per heavy atom. The fraction of sp³-hybridized carbons (Fsp3) is 0.800. The van der Waals surface area contributed by atoms with E-state index in [1.165, 1.54) is 0 Å². The Morgan fingerprint density at radius 1 is 1.42 bits per heavy atom. The average Bonchev–Trinajstić information content (AvgIpc) is 1.83. The lowest BCUT2D eigenvalue weighted by molar-refractivity contribution is -0.134. The van der Waals surface area contributed by atoms with Gasteiger partial charge in [0.2, 0.25) is 0 Å². The molecule has 12 heavy (non-hydrogen) atoms. The van der Waals surface area contributed by atoms with Gasteiger partial charge in [0.1, 0.15) is 5.75 Å². The van der Waals surface area contributed by atoms with E-state index in [0.29, 0.717) is 0 Å². The number of carboxylic acids is 1. The molecule has 0 aromatic carbocycles. The van der Waals surface area contributed by atoms with Crippen molar-refractivity contribution in [2.45, 2.75) is 6.10 Å². The first-order chi connectivity index (χ1) is 5.37. The summed E-state index contributed by atoms with van der Waals surface area (Å²) in [4.78, 5) is 9.96. The number of rotatable bonds is 5. The number of hydrogen-bond donors (Lipinski definition) is 3. The molecule has 72 valence electrons. The fourth-order valence-corrected chi connectivity index (χ4v) is 1.78. The zero-order valence-corrected chi connectivity index (χ0v) is 6.99.